The second-order valence-corrected chi connectivity index (χ2v) is 6.49. The van der Waals surface area contributed by atoms with Crippen LogP contribution in [0.15, 0.2) is 59.4 Å². The maximum absolute atomic E-state index is 12.7. The molecule has 0 atom stereocenters. The van der Waals surface area contributed by atoms with E-state index in [-0.39, 0.29) is 5.91 Å². The number of carbonyl (C=O) groups excluding carboxylic acids is 1. The lowest BCUT2D eigenvalue weighted by molar-refractivity contribution is -0.132. The van der Waals surface area contributed by atoms with Crippen molar-refractivity contribution in [3.05, 3.63) is 66.3 Å². The molecule has 0 spiro atoms. The van der Waals surface area contributed by atoms with Crippen LogP contribution in [0.5, 0.6) is 0 Å². The molecular formula is C20H20N4O2. The number of nitrogens with zero attached hydrogens (tertiary/aromatic N) is 4. The average molecular weight is 348 g/mol. The van der Waals surface area contributed by atoms with Crippen LogP contribution in [0, 0.1) is 0 Å². The highest BCUT2D eigenvalue weighted by molar-refractivity contribution is 5.77. The summed E-state index contributed by atoms with van der Waals surface area (Å²) >= 11 is 0. The van der Waals surface area contributed by atoms with Gasteiger partial charge in [-0.15, -0.1) is 0 Å². The summed E-state index contributed by atoms with van der Waals surface area (Å²) in [5.74, 6) is 1.12. The molecule has 0 N–H and O–H groups in total. The molecule has 0 unspecified atom stereocenters. The van der Waals surface area contributed by atoms with Gasteiger partial charge in [0.2, 0.25) is 17.6 Å². The molecule has 1 aliphatic rings. The molecule has 1 amide bonds. The summed E-state index contributed by atoms with van der Waals surface area (Å²) in [4.78, 5) is 23.1. The summed E-state index contributed by atoms with van der Waals surface area (Å²) in [5, 5.41) is 3.97. The van der Waals surface area contributed by atoms with Crippen LogP contribution in [-0.2, 0) is 17.8 Å². The highest BCUT2D eigenvalue weighted by Gasteiger charge is 2.32. The monoisotopic (exact) mass is 348 g/mol. The van der Waals surface area contributed by atoms with Crippen LogP contribution in [0.25, 0.3) is 11.4 Å². The van der Waals surface area contributed by atoms with Gasteiger partial charge in [0.1, 0.15) is 0 Å². The van der Waals surface area contributed by atoms with Crippen molar-refractivity contribution in [1.29, 1.82) is 0 Å². The second-order valence-electron chi connectivity index (χ2n) is 6.49. The average Bonchev–Trinajstić information content (AvgIpc) is 3.42. The molecule has 6 heteroatoms. The third-order valence-electron chi connectivity index (χ3n) is 4.44. The molecule has 0 bridgehead atoms. The third kappa shape index (κ3) is 3.96. The minimum atomic E-state index is 0.137. The van der Waals surface area contributed by atoms with E-state index in [1.807, 2.05) is 35.2 Å². The maximum Gasteiger partial charge on any atom is 0.227 e. The predicted molar refractivity (Wildman–Crippen MR) is 95.9 cm³/mol. The molecular weight excluding hydrogens is 328 g/mol. The zero-order valence-corrected chi connectivity index (χ0v) is 14.4. The summed E-state index contributed by atoms with van der Waals surface area (Å²) in [7, 11) is 0. The van der Waals surface area contributed by atoms with E-state index in [4.69, 9.17) is 4.52 Å². The fourth-order valence-corrected chi connectivity index (χ4v) is 2.91. The Morgan fingerprint density at radius 2 is 2.00 bits per heavy atom. The molecule has 0 radical (unpaired) electrons. The topological polar surface area (TPSA) is 72.1 Å². The Labute approximate surface area is 151 Å². The minimum absolute atomic E-state index is 0.137. The van der Waals surface area contributed by atoms with E-state index >= 15 is 0 Å². The van der Waals surface area contributed by atoms with Crippen LogP contribution in [0.1, 0.15) is 30.7 Å². The van der Waals surface area contributed by atoms with E-state index in [0.717, 1.165) is 24.0 Å². The van der Waals surface area contributed by atoms with E-state index in [1.165, 1.54) is 0 Å². The highest BCUT2D eigenvalue weighted by atomic mass is 16.5. The number of hydrogen-bond acceptors (Lipinski definition) is 5. The van der Waals surface area contributed by atoms with Gasteiger partial charge >= 0.3 is 0 Å². The summed E-state index contributed by atoms with van der Waals surface area (Å²) in [5.41, 5.74) is 1.96. The van der Waals surface area contributed by atoms with Gasteiger partial charge in [0.05, 0.1) is 0 Å². The van der Waals surface area contributed by atoms with Gasteiger partial charge < -0.3 is 9.42 Å². The van der Waals surface area contributed by atoms with Gasteiger partial charge in [-0.05, 0) is 30.5 Å². The molecule has 1 aliphatic carbocycles. The lowest BCUT2D eigenvalue weighted by Gasteiger charge is -2.22. The smallest absolute Gasteiger partial charge is 0.227 e. The number of benzene rings is 1. The van der Waals surface area contributed by atoms with Crippen molar-refractivity contribution in [2.75, 3.05) is 0 Å². The Morgan fingerprint density at radius 1 is 1.15 bits per heavy atom. The van der Waals surface area contributed by atoms with Crippen molar-refractivity contribution in [1.82, 2.24) is 20.0 Å². The third-order valence-corrected chi connectivity index (χ3v) is 4.44. The fraction of sp³-hybridized carbons (Fsp3) is 0.300. The Balaban J connectivity index is 1.37. The normalized spacial score (nSPS) is 13.5. The lowest BCUT2D eigenvalue weighted by Crippen LogP contribution is -2.32. The number of carbonyl (C=O) groups is 1. The van der Waals surface area contributed by atoms with Crippen molar-refractivity contribution >= 4 is 5.91 Å². The van der Waals surface area contributed by atoms with Crippen molar-refractivity contribution in [2.24, 2.45) is 0 Å². The second kappa shape index (κ2) is 7.47. The quantitative estimate of drug-likeness (QED) is 0.655. The number of aromatic nitrogens is 3. The Bertz CT molecular complexity index is 860. The van der Waals surface area contributed by atoms with Gasteiger partial charge in [-0.2, -0.15) is 4.98 Å². The molecule has 0 saturated heterocycles. The van der Waals surface area contributed by atoms with Crippen LogP contribution in [0.3, 0.4) is 0 Å². The SMILES string of the molecule is O=C(CCc1nc(-c2cccnc2)no1)N(Cc1ccccc1)C1CC1. The van der Waals surface area contributed by atoms with E-state index in [2.05, 4.69) is 27.3 Å². The van der Waals surface area contributed by atoms with Crippen molar-refractivity contribution in [2.45, 2.75) is 38.3 Å². The van der Waals surface area contributed by atoms with E-state index < -0.39 is 0 Å². The minimum Gasteiger partial charge on any atom is -0.339 e. The summed E-state index contributed by atoms with van der Waals surface area (Å²) in [6, 6.07) is 14.2. The number of rotatable bonds is 7. The Kier molecular flexibility index (Phi) is 4.73. The highest BCUT2D eigenvalue weighted by Crippen LogP contribution is 2.29. The number of hydrogen-bond donors (Lipinski definition) is 0. The Hall–Kier alpha value is -3.02. The van der Waals surface area contributed by atoms with E-state index in [1.54, 1.807) is 12.4 Å². The zero-order chi connectivity index (χ0) is 17.8. The first-order valence-corrected chi connectivity index (χ1v) is 8.86. The van der Waals surface area contributed by atoms with Crippen LogP contribution < -0.4 is 0 Å². The van der Waals surface area contributed by atoms with Crippen LogP contribution in [-0.4, -0.2) is 32.0 Å². The molecule has 2 aromatic heterocycles. The van der Waals surface area contributed by atoms with Gasteiger partial charge in [-0.3, -0.25) is 9.78 Å². The first kappa shape index (κ1) is 16.4. The molecule has 1 saturated carbocycles. The molecule has 6 nitrogen and oxygen atoms in total. The standard InChI is InChI=1S/C20H20N4O2/c25-19(24(17-8-9-17)14-15-5-2-1-3-6-15)11-10-18-22-20(23-26-18)16-7-4-12-21-13-16/h1-7,12-13,17H,8-11,14H2. The summed E-state index contributed by atoms with van der Waals surface area (Å²) in [6.45, 7) is 0.662. The van der Waals surface area contributed by atoms with Crippen molar-refractivity contribution < 1.29 is 9.32 Å². The molecule has 0 aliphatic heterocycles. The first-order chi connectivity index (χ1) is 12.8. The molecule has 3 aromatic rings. The van der Waals surface area contributed by atoms with Crippen LogP contribution in [0.2, 0.25) is 0 Å². The number of amides is 1. The van der Waals surface area contributed by atoms with E-state index in [9.17, 15) is 4.79 Å². The molecule has 132 valence electrons. The number of aryl methyl sites for hydroxylation is 1. The molecule has 2 heterocycles. The largest absolute Gasteiger partial charge is 0.339 e. The van der Waals surface area contributed by atoms with Gasteiger partial charge in [0.15, 0.2) is 0 Å². The van der Waals surface area contributed by atoms with Crippen LogP contribution >= 0.6 is 0 Å². The first-order valence-electron chi connectivity index (χ1n) is 8.86. The van der Waals surface area contributed by atoms with Crippen molar-refractivity contribution in [3.63, 3.8) is 0 Å². The predicted octanol–water partition coefficient (Wildman–Crippen LogP) is 3.26. The van der Waals surface area contributed by atoms with Crippen molar-refractivity contribution in [3.8, 4) is 11.4 Å². The summed E-state index contributed by atoms with van der Waals surface area (Å²) < 4.78 is 5.28. The molecule has 1 aromatic carbocycles. The van der Waals surface area contributed by atoms with Gasteiger partial charge in [-0.1, -0.05) is 35.5 Å². The fourth-order valence-electron chi connectivity index (χ4n) is 2.91. The molecule has 1 fully saturated rings. The zero-order valence-electron chi connectivity index (χ0n) is 14.4. The summed E-state index contributed by atoms with van der Waals surface area (Å²) in [6.07, 6.45) is 6.38. The van der Waals surface area contributed by atoms with Crippen LogP contribution in [0.4, 0.5) is 0 Å². The van der Waals surface area contributed by atoms with Gasteiger partial charge in [0.25, 0.3) is 0 Å². The number of pyridine rings is 1. The molecule has 26 heavy (non-hydrogen) atoms. The van der Waals surface area contributed by atoms with Gasteiger partial charge in [-0.25, -0.2) is 0 Å². The van der Waals surface area contributed by atoms with Gasteiger partial charge in [0, 0.05) is 43.4 Å². The van der Waals surface area contributed by atoms with E-state index in [0.29, 0.717) is 37.1 Å². The Morgan fingerprint density at radius 3 is 2.73 bits per heavy atom. The maximum atomic E-state index is 12.7. The lowest BCUT2D eigenvalue weighted by atomic mass is 10.2. The molecule has 4 rings (SSSR count).